The van der Waals surface area contributed by atoms with Crippen molar-refractivity contribution in [3.05, 3.63) is 29.5 Å². The zero-order valence-electron chi connectivity index (χ0n) is 10.9. The Hall–Kier alpha value is -1.66. The molecular weight excluding hydrogens is 264 g/mol. The second-order valence-electron chi connectivity index (χ2n) is 4.56. The van der Waals surface area contributed by atoms with Gasteiger partial charge in [0.2, 0.25) is 5.89 Å². The predicted octanol–water partition coefficient (Wildman–Crippen LogP) is 2.56. The van der Waals surface area contributed by atoms with Crippen LogP contribution in [-0.4, -0.2) is 34.6 Å². The Labute approximate surface area is 115 Å². The van der Waals surface area contributed by atoms with E-state index in [1.165, 1.54) is 0 Å². The van der Waals surface area contributed by atoms with Gasteiger partial charge in [-0.25, -0.2) is 4.98 Å². The summed E-state index contributed by atoms with van der Waals surface area (Å²) in [5.41, 5.74) is 0.809. The molecule has 0 bridgehead atoms. The molecule has 1 N–H and O–H groups in total. The lowest BCUT2D eigenvalue weighted by Crippen LogP contribution is -2.28. The number of aliphatic carboxylic acids is 1. The van der Waals surface area contributed by atoms with Crippen LogP contribution in [0.25, 0.3) is 10.8 Å². The Balaban J connectivity index is 1.95. The maximum absolute atomic E-state index is 10.8. The van der Waals surface area contributed by atoms with Crippen molar-refractivity contribution in [3.8, 4) is 10.8 Å². The van der Waals surface area contributed by atoms with Crippen molar-refractivity contribution < 1.29 is 14.3 Å². The zero-order valence-corrected chi connectivity index (χ0v) is 11.7. The molecule has 2 aromatic heterocycles. The van der Waals surface area contributed by atoms with Gasteiger partial charge in [-0.2, -0.15) is 0 Å². The quantitative estimate of drug-likeness (QED) is 0.880. The molecule has 0 amide bonds. The number of hydrogen-bond acceptors (Lipinski definition) is 5. The summed E-state index contributed by atoms with van der Waals surface area (Å²) in [7, 11) is 1.87. The molecule has 0 aliphatic carbocycles. The molecule has 0 fully saturated rings. The zero-order chi connectivity index (χ0) is 13.8. The van der Waals surface area contributed by atoms with E-state index in [4.69, 9.17) is 9.52 Å². The number of carboxylic acid groups (broad SMARTS) is 1. The van der Waals surface area contributed by atoms with Crippen LogP contribution in [0.1, 0.15) is 12.6 Å². The number of oxazole rings is 1. The van der Waals surface area contributed by atoms with E-state index in [1.807, 2.05) is 29.5 Å². The summed E-state index contributed by atoms with van der Waals surface area (Å²) in [5, 5.41) is 10.8. The number of rotatable bonds is 6. The molecule has 2 aromatic rings. The number of hydrogen-bond donors (Lipinski definition) is 1. The van der Waals surface area contributed by atoms with Gasteiger partial charge in [0.15, 0.2) is 0 Å². The molecule has 0 saturated carbocycles. The summed E-state index contributed by atoms with van der Waals surface area (Å²) >= 11 is 1.58. The molecule has 0 saturated heterocycles. The van der Waals surface area contributed by atoms with Gasteiger partial charge in [-0.15, -0.1) is 11.3 Å². The van der Waals surface area contributed by atoms with E-state index in [0.29, 0.717) is 19.0 Å². The minimum atomic E-state index is -0.786. The average molecular weight is 280 g/mol. The van der Waals surface area contributed by atoms with Crippen molar-refractivity contribution in [3.63, 3.8) is 0 Å². The van der Waals surface area contributed by atoms with Gasteiger partial charge in [0.25, 0.3) is 0 Å². The lowest BCUT2D eigenvalue weighted by atomic mass is 10.2. The molecule has 0 radical (unpaired) electrons. The first-order chi connectivity index (χ1) is 9.06. The smallest absolute Gasteiger partial charge is 0.307 e. The second-order valence-corrected chi connectivity index (χ2v) is 5.51. The molecule has 19 heavy (non-hydrogen) atoms. The third-order valence-electron chi connectivity index (χ3n) is 2.72. The molecule has 0 aromatic carbocycles. The van der Waals surface area contributed by atoms with Crippen LogP contribution in [0.15, 0.2) is 28.2 Å². The van der Waals surface area contributed by atoms with Gasteiger partial charge in [0.1, 0.15) is 6.26 Å². The van der Waals surface area contributed by atoms with Crippen LogP contribution in [0.4, 0.5) is 0 Å². The number of carboxylic acids is 1. The maximum Gasteiger partial charge on any atom is 0.307 e. The minimum absolute atomic E-state index is 0.395. The Kier molecular flexibility index (Phi) is 4.34. The normalized spacial score (nSPS) is 12.8. The summed E-state index contributed by atoms with van der Waals surface area (Å²) < 4.78 is 5.42. The second kappa shape index (κ2) is 5.99. The monoisotopic (exact) mass is 280 g/mol. The van der Waals surface area contributed by atoms with Crippen molar-refractivity contribution >= 4 is 17.3 Å². The van der Waals surface area contributed by atoms with Gasteiger partial charge in [-0.3, -0.25) is 9.69 Å². The van der Waals surface area contributed by atoms with Crippen molar-refractivity contribution in [2.75, 3.05) is 13.6 Å². The van der Waals surface area contributed by atoms with Crippen molar-refractivity contribution in [1.29, 1.82) is 0 Å². The molecule has 0 spiro atoms. The first kappa shape index (κ1) is 13.8. The van der Waals surface area contributed by atoms with Crippen molar-refractivity contribution in [2.24, 2.45) is 5.92 Å². The standard InChI is InChI=1S/C13H16N2O3S/c1-9(13(16)17)6-15(2)7-10-8-18-12(14-10)11-4-3-5-19-11/h3-5,8-9H,6-7H2,1-2H3,(H,16,17). The van der Waals surface area contributed by atoms with E-state index in [-0.39, 0.29) is 0 Å². The molecule has 0 aliphatic heterocycles. The number of aromatic nitrogens is 1. The molecule has 1 atom stereocenters. The van der Waals surface area contributed by atoms with Crippen LogP contribution in [0.3, 0.4) is 0 Å². The third kappa shape index (κ3) is 3.65. The molecule has 5 nitrogen and oxygen atoms in total. The van der Waals surface area contributed by atoms with Crippen molar-refractivity contribution in [2.45, 2.75) is 13.5 Å². The molecule has 102 valence electrons. The Morgan fingerprint density at radius 3 is 3.05 bits per heavy atom. The minimum Gasteiger partial charge on any atom is -0.481 e. The first-order valence-electron chi connectivity index (χ1n) is 5.96. The fraction of sp³-hybridized carbons (Fsp3) is 0.385. The fourth-order valence-electron chi connectivity index (χ4n) is 1.78. The molecule has 2 rings (SSSR count). The summed E-state index contributed by atoms with van der Waals surface area (Å²) in [5.74, 6) is -0.565. The van der Waals surface area contributed by atoms with Gasteiger partial charge in [-0.05, 0) is 18.5 Å². The van der Waals surface area contributed by atoms with E-state index < -0.39 is 11.9 Å². The average Bonchev–Trinajstić information content (AvgIpc) is 2.97. The highest BCUT2D eigenvalue weighted by molar-refractivity contribution is 7.13. The molecule has 6 heteroatoms. The van der Waals surface area contributed by atoms with E-state index >= 15 is 0 Å². The van der Waals surface area contributed by atoms with Gasteiger partial charge in [0, 0.05) is 13.1 Å². The van der Waals surface area contributed by atoms with Crippen LogP contribution in [0, 0.1) is 5.92 Å². The van der Waals surface area contributed by atoms with E-state index in [1.54, 1.807) is 24.5 Å². The third-order valence-corrected chi connectivity index (χ3v) is 3.58. The Morgan fingerprint density at radius 2 is 2.42 bits per heavy atom. The largest absolute Gasteiger partial charge is 0.481 e. The van der Waals surface area contributed by atoms with Gasteiger partial charge in [-0.1, -0.05) is 13.0 Å². The van der Waals surface area contributed by atoms with Gasteiger partial charge >= 0.3 is 5.97 Å². The molecule has 1 unspecified atom stereocenters. The van der Waals surface area contributed by atoms with Crippen LogP contribution in [0.5, 0.6) is 0 Å². The van der Waals surface area contributed by atoms with E-state index in [0.717, 1.165) is 10.6 Å². The van der Waals surface area contributed by atoms with Gasteiger partial charge in [0.05, 0.1) is 16.5 Å². The highest BCUT2D eigenvalue weighted by atomic mass is 32.1. The summed E-state index contributed by atoms with van der Waals surface area (Å²) in [6.07, 6.45) is 1.62. The topological polar surface area (TPSA) is 66.6 Å². The fourth-order valence-corrected chi connectivity index (χ4v) is 2.44. The highest BCUT2D eigenvalue weighted by Crippen LogP contribution is 2.23. The summed E-state index contributed by atoms with van der Waals surface area (Å²) in [4.78, 5) is 18.1. The van der Waals surface area contributed by atoms with Crippen LogP contribution in [0.2, 0.25) is 0 Å². The number of thiophene rings is 1. The lowest BCUT2D eigenvalue weighted by Gasteiger charge is -2.17. The molecule has 0 aliphatic rings. The van der Waals surface area contributed by atoms with E-state index in [2.05, 4.69) is 4.98 Å². The molecule has 2 heterocycles. The lowest BCUT2D eigenvalue weighted by molar-refractivity contribution is -0.141. The van der Waals surface area contributed by atoms with Crippen LogP contribution < -0.4 is 0 Å². The Bertz CT molecular complexity index is 536. The SMILES string of the molecule is CC(CN(C)Cc1coc(-c2cccs2)n1)C(=O)O. The first-order valence-corrected chi connectivity index (χ1v) is 6.84. The summed E-state index contributed by atoms with van der Waals surface area (Å²) in [6.45, 7) is 2.75. The predicted molar refractivity (Wildman–Crippen MR) is 72.9 cm³/mol. The van der Waals surface area contributed by atoms with Crippen molar-refractivity contribution in [1.82, 2.24) is 9.88 Å². The maximum atomic E-state index is 10.8. The number of carbonyl (C=O) groups is 1. The van der Waals surface area contributed by atoms with Gasteiger partial charge < -0.3 is 9.52 Å². The number of nitrogens with zero attached hydrogens (tertiary/aromatic N) is 2. The summed E-state index contributed by atoms with van der Waals surface area (Å²) in [6, 6.07) is 3.90. The Morgan fingerprint density at radius 1 is 1.63 bits per heavy atom. The molecular formula is C13H16N2O3S. The van der Waals surface area contributed by atoms with E-state index in [9.17, 15) is 4.79 Å². The van der Waals surface area contributed by atoms with Crippen LogP contribution >= 0.6 is 11.3 Å². The highest BCUT2D eigenvalue weighted by Gasteiger charge is 2.15. The van der Waals surface area contributed by atoms with Crippen LogP contribution in [-0.2, 0) is 11.3 Å².